The summed E-state index contributed by atoms with van der Waals surface area (Å²) in [5.41, 5.74) is 0.549. The number of thioether (sulfide) groups is 1. The van der Waals surface area contributed by atoms with Crippen molar-refractivity contribution in [2.24, 2.45) is 0 Å². The molecule has 3 amide bonds. The smallest absolute Gasteiger partial charge is 0.408 e. The lowest BCUT2D eigenvalue weighted by Crippen LogP contribution is -2.71. The van der Waals surface area contributed by atoms with Gasteiger partial charge >= 0.3 is 12.1 Å². The van der Waals surface area contributed by atoms with E-state index < -0.39 is 52.4 Å². The highest BCUT2D eigenvalue weighted by Gasteiger charge is 2.56. The number of β-lactam (4-membered cyclic amide) rings is 1. The van der Waals surface area contributed by atoms with E-state index in [4.69, 9.17) is 18.9 Å². The van der Waals surface area contributed by atoms with Crippen LogP contribution in [0.2, 0.25) is 0 Å². The summed E-state index contributed by atoms with van der Waals surface area (Å²) < 4.78 is 21.7. The van der Waals surface area contributed by atoms with Gasteiger partial charge in [0.1, 0.15) is 46.5 Å². The largest absolute Gasteiger partial charge is 0.497 e. The maximum atomic E-state index is 13.5. The van der Waals surface area contributed by atoms with Crippen LogP contribution in [0.5, 0.6) is 5.75 Å². The summed E-state index contributed by atoms with van der Waals surface area (Å²) in [6.07, 6.45) is -0.778. The van der Waals surface area contributed by atoms with Gasteiger partial charge in [-0.2, -0.15) is 0 Å². The van der Waals surface area contributed by atoms with Crippen molar-refractivity contribution in [2.45, 2.75) is 62.8 Å². The number of alkyl carbamates (subject to hydrolysis) is 1. The van der Waals surface area contributed by atoms with E-state index in [2.05, 4.69) is 10.6 Å². The fourth-order valence-corrected chi connectivity index (χ4v) is 5.90. The first-order valence-electron chi connectivity index (χ1n) is 13.3. The highest BCUT2D eigenvalue weighted by atomic mass is 32.2. The SMILES string of the molecule is COc1ccc(COC(=O)C2=C(C)[C@@H](OC)S[C@@H]3[C@@H](NC(=O)C(NC(=O)OC(C)(C)C)c4ccccc4)C(=O)N23)cc1. The molecule has 1 saturated heterocycles. The number of esters is 1. The number of rotatable bonds is 9. The lowest BCUT2D eigenvalue weighted by molar-refractivity contribution is -0.154. The number of nitrogens with one attached hydrogen (secondary N) is 2. The first kappa shape index (κ1) is 30.9. The van der Waals surface area contributed by atoms with Crippen molar-refractivity contribution >= 4 is 35.6 Å². The van der Waals surface area contributed by atoms with Crippen molar-refractivity contribution in [3.63, 3.8) is 0 Å². The summed E-state index contributed by atoms with van der Waals surface area (Å²) in [5.74, 6) is -1.08. The molecular weight excluding hydrogens is 562 g/mol. The van der Waals surface area contributed by atoms with Crippen LogP contribution >= 0.6 is 11.8 Å². The van der Waals surface area contributed by atoms with Crippen molar-refractivity contribution in [1.29, 1.82) is 0 Å². The zero-order valence-corrected chi connectivity index (χ0v) is 25.2. The molecule has 12 heteroatoms. The van der Waals surface area contributed by atoms with E-state index in [-0.39, 0.29) is 12.3 Å². The van der Waals surface area contributed by atoms with Gasteiger partial charge in [-0.25, -0.2) is 9.59 Å². The first-order chi connectivity index (χ1) is 19.9. The molecule has 4 atom stereocenters. The Hall–Kier alpha value is -4.03. The van der Waals surface area contributed by atoms with Gasteiger partial charge in [0, 0.05) is 7.11 Å². The third kappa shape index (κ3) is 6.88. The van der Waals surface area contributed by atoms with E-state index in [1.807, 2.05) is 0 Å². The van der Waals surface area contributed by atoms with E-state index in [9.17, 15) is 19.2 Å². The molecule has 0 aliphatic carbocycles. The summed E-state index contributed by atoms with van der Waals surface area (Å²) in [5, 5.41) is 4.73. The normalized spacial score (nSPS) is 20.6. The van der Waals surface area contributed by atoms with Crippen molar-refractivity contribution in [3.8, 4) is 5.75 Å². The molecule has 0 spiro atoms. The molecule has 2 aromatic carbocycles. The van der Waals surface area contributed by atoms with Crippen LogP contribution in [0.25, 0.3) is 0 Å². The Morgan fingerprint density at radius 3 is 2.29 bits per heavy atom. The van der Waals surface area contributed by atoms with E-state index >= 15 is 0 Å². The van der Waals surface area contributed by atoms with Crippen molar-refractivity contribution in [3.05, 3.63) is 77.0 Å². The topological polar surface area (TPSA) is 133 Å². The number of fused-ring (bicyclic) bond motifs is 1. The maximum absolute atomic E-state index is 13.5. The number of amides is 3. The molecule has 42 heavy (non-hydrogen) atoms. The minimum Gasteiger partial charge on any atom is -0.497 e. The molecule has 2 heterocycles. The van der Waals surface area contributed by atoms with Gasteiger partial charge in [0.25, 0.3) is 5.91 Å². The standard InChI is InChI=1S/C30H35N3O8S/c1-17-23(27(36)40-16-18-12-14-20(38-5)15-13-18)33-25(35)22(26(33)42-28(17)39-6)31-24(34)21(19-10-8-7-9-11-19)32-29(37)41-30(2,3)4/h7-15,21-22,26,28H,16H2,1-6H3,(H,31,34)(H,32,37)/t21?,22-,26+,28-/m0/s1. The number of nitrogens with zero attached hydrogens (tertiary/aromatic N) is 1. The number of benzene rings is 2. The van der Waals surface area contributed by atoms with Crippen molar-refractivity contribution in [1.82, 2.24) is 15.5 Å². The Bertz CT molecular complexity index is 1360. The molecule has 11 nitrogen and oxygen atoms in total. The molecule has 0 aromatic heterocycles. The van der Waals surface area contributed by atoms with Gasteiger partial charge in [-0.3, -0.25) is 14.5 Å². The number of hydrogen-bond donors (Lipinski definition) is 2. The van der Waals surface area contributed by atoms with Gasteiger partial charge in [0.05, 0.1) is 7.11 Å². The van der Waals surface area contributed by atoms with Crippen LogP contribution in [0.4, 0.5) is 4.79 Å². The summed E-state index contributed by atoms with van der Waals surface area (Å²) in [4.78, 5) is 54.0. The zero-order chi connectivity index (χ0) is 30.6. The Morgan fingerprint density at radius 2 is 1.69 bits per heavy atom. The second-order valence-corrected chi connectivity index (χ2v) is 11.9. The Morgan fingerprint density at radius 1 is 1.02 bits per heavy atom. The summed E-state index contributed by atoms with van der Waals surface area (Å²) >= 11 is 1.29. The molecule has 2 aliphatic heterocycles. The Kier molecular flexibility index (Phi) is 9.47. The molecule has 2 aromatic rings. The number of carbonyl (C=O) groups is 4. The lowest BCUT2D eigenvalue weighted by atomic mass is 10.0. The molecule has 2 N–H and O–H groups in total. The van der Waals surface area contributed by atoms with E-state index in [0.29, 0.717) is 16.9 Å². The van der Waals surface area contributed by atoms with Crippen LogP contribution in [0, 0.1) is 0 Å². The fraction of sp³-hybridized carbons (Fsp3) is 0.400. The van der Waals surface area contributed by atoms with Gasteiger partial charge in [-0.1, -0.05) is 54.2 Å². The second kappa shape index (κ2) is 12.9. The molecule has 1 fully saturated rings. The van der Waals surface area contributed by atoms with Crippen molar-refractivity contribution in [2.75, 3.05) is 14.2 Å². The molecule has 1 unspecified atom stereocenters. The predicted octanol–water partition coefficient (Wildman–Crippen LogP) is 3.65. The lowest BCUT2D eigenvalue weighted by Gasteiger charge is -2.51. The minimum absolute atomic E-state index is 0.00759. The van der Waals surface area contributed by atoms with Crippen molar-refractivity contribution < 1.29 is 38.1 Å². The summed E-state index contributed by atoms with van der Waals surface area (Å²) in [6.45, 7) is 6.84. The average molecular weight is 598 g/mol. The van der Waals surface area contributed by atoms with Gasteiger partial charge in [-0.15, -0.1) is 0 Å². The monoisotopic (exact) mass is 597 g/mol. The van der Waals surface area contributed by atoms with Crippen LogP contribution in [0.15, 0.2) is 65.9 Å². The first-order valence-corrected chi connectivity index (χ1v) is 14.2. The van der Waals surface area contributed by atoms with Gasteiger partial charge in [0.2, 0.25) is 5.91 Å². The quantitative estimate of drug-likeness (QED) is 0.328. The highest BCUT2D eigenvalue weighted by molar-refractivity contribution is 8.00. The molecular formula is C30H35N3O8S. The minimum atomic E-state index is -1.12. The fourth-order valence-electron chi connectivity index (χ4n) is 4.54. The third-order valence-corrected chi connectivity index (χ3v) is 8.12. The molecule has 224 valence electrons. The molecule has 0 radical (unpaired) electrons. The summed E-state index contributed by atoms with van der Waals surface area (Å²) in [7, 11) is 3.06. The Labute approximate surface area is 248 Å². The van der Waals surface area contributed by atoms with Crippen LogP contribution in [-0.4, -0.2) is 65.4 Å². The van der Waals surface area contributed by atoms with Crippen LogP contribution in [-0.2, 0) is 35.2 Å². The van der Waals surface area contributed by atoms with Crippen LogP contribution in [0.1, 0.15) is 44.9 Å². The maximum Gasteiger partial charge on any atom is 0.408 e. The van der Waals surface area contributed by atoms with Gasteiger partial charge in [-0.05, 0) is 56.5 Å². The third-order valence-electron chi connectivity index (χ3n) is 6.56. The van der Waals surface area contributed by atoms with Gasteiger partial charge in [0.15, 0.2) is 0 Å². The predicted molar refractivity (Wildman–Crippen MR) is 155 cm³/mol. The molecule has 0 bridgehead atoms. The molecule has 0 saturated carbocycles. The second-order valence-electron chi connectivity index (χ2n) is 10.7. The number of hydrogen-bond acceptors (Lipinski definition) is 9. The van der Waals surface area contributed by atoms with E-state index in [1.54, 1.807) is 89.4 Å². The van der Waals surface area contributed by atoms with Gasteiger partial charge < -0.3 is 29.6 Å². The average Bonchev–Trinajstić information content (AvgIpc) is 2.96. The number of methoxy groups -OCH3 is 2. The molecule has 4 rings (SSSR count). The Balaban J connectivity index is 1.49. The zero-order valence-electron chi connectivity index (χ0n) is 24.3. The van der Waals surface area contributed by atoms with Crippen LogP contribution in [0.3, 0.4) is 0 Å². The van der Waals surface area contributed by atoms with E-state index in [0.717, 1.165) is 5.56 Å². The van der Waals surface area contributed by atoms with E-state index in [1.165, 1.54) is 23.8 Å². The number of carbonyl (C=O) groups excluding carboxylic acids is 4. The molecule has 2 aliphatic rings. The van der Waals surface area contributed by atoms with Crippen LogP contribution < -0.4 is 15.4 Å². The highest BCUT2D eigenvalue weighted by Crippen LogP contribution is 2.44. The summed E-state index contributed by atoms with van der Waals surface area (Å²) in [6, 6.07) is 13.6. The number of ether oxygens (including phenoxy) is 4.